The van der Waals surface area contributed by atoms with Crippen molar-refractivity contribution in [3.63, 3.8) is 0 Å². The van der Waals surface area contributed by atoms with Crippen LogP contribution in [0.4, 0.5) is 15.8 Å². The van der Waals surface area contributed by atoms with Gasteiger partial charge in [-0.2, -0.15) is 0 Å². The van der Waals surface area contributed by atoms with E-state index in [1.165, 1.54) is 33.3 Å². The molecule has 0 unspecified atom stereocenters. The van der Waals surface area contributed by atoms with Crippen molar-refractivity contribution in [3.8, 4) is 17.2 Å². The molecule has 12 heteroatoms. The Morgan fingerprint density at radius 2 is 1.53 bits per heavy atom. The van der Waals surface area contributed by atoms with E-state index < -0.39 is 58.5 Å². The second-order valence-corrected chi connectivity index (χ2v) is 13.6. The van der Waals surface area contributed by atoms with Crippen LogP contribution in [-0.4, -0.2) is 48.7 Å². The Hall–Kier alpha value is -5.03. The minimum Gasteiger partial charge on any atom is -0.502 e. The minimum atomic E-state index is -1.41. The molecule has 0 aromatic heterocycles. The molecule has 0 bridgehead atoms. The number of benzene rings is 3. The Morgan fingerprint density at radius 1 is 0.898 bits per heavy atom. The maximum Gasteiger partial charge on any atom is 0.241 e. The van der Waals surface area contributed by atoms with E-state index in [9.17, 15) is 33.5 Å². The zero-order valence-electron chi connectivity index (χ0n) is 27.0. The van der Waals surface area contributed by atoms with Gasteiger partial charge in [-0.15, -0.1) is 0 Å². The molecular formula is C37H32ClFN2O8. The first-order chi connectivity index (χ1) is 23.3. The van der Waals surface area contributed by atoms with Gasteiger partial charge < -0.3 is 14.6 Å². The van der Waals surface area contributed by atoms with Crippen LogP contribution in [0.15, 0.2) is 66.2 Å². The van der Waals surface area contributed by atoms with Crippen LogP contribution in [0.3, 0.4) is 0 Å². The second-order valence-electron chi connectivity index (χ2n) is 13.1. The van der Waals surface area contributed by atoms with Crippen molar-refractivity contribution in [2.24, 2.45) is 29.1 Å². The molecule has 2 saturated heterocycles. The number of methoxy groups -OCH3 is 2. The molecular weight excluding hydrogens is 655 g/mol. The van der Waals surface area contributed by atoms with E-state index in [0.717, 1.165) is 15.9 Å². The summed E-state index contributed by atoms with van der Waals surface area (Å²) >= 11 is 6.08. The number of phenolic OH excluding ortho intramolecular Hbond substituents is 1. The maximum atomic E-state index is 14.6. The van der Waals surface area contributed by atoms with E-state index >= 15 is 0 Å². The quantitative estimate of drug-likeness (QED) is 0.195. The largest absolute Gasteiger partial charge is 0.502 e. The van der Waals surface area contributed by atoms with Crippen LogP contribution >= 0.6 is 11.6 Å². The number of hydrogen-bond donors (Lipinski definition) is 1. The van der Waals surface area contributed by atoms with Crippen molar-refractivity contribution in [1.29, 1.82) is 0 Å². The molecule has 252 valence electrons. The molecule has 1 saturated carbocycles. The standard InChI is InChI=1S/C37H32ClFN2O8/c1-17(42)18-5-7-20(8-6-18)40-33(44)23-11-10-22-24(30(23)35(40)46)16-25-34(45)41(21-9-12-27(39)26(38)15-21)36(47)37(25,2)31(22)19-13-28(48-3)32(43)29(14-19)49-4/h5-10,12-15,23-25,30-31,43H,11,16H2,1-4H3/t23-,24+,25-,30-,31-,37+/m0/s1. The van der Waals surface area contributed by atoms with Gasteiger partial charge in [0.25, 0.3) is 0 Å². The van der Waals surface area contributed by atoms with Crippen molar-refractivity contribution in [2.75, 3.05) is 24.0 Å². The fourth-order valence-electron chi connectivity index (χ4n) is 8.45. The number of carbonyl (C=O) groups is 5. The van der Waals surface area contributed by atoms with Crippen molar-refractivity contribution < 1.29 is 42.9 Å². The number of rotatable bonds is 6. The fourth-order valence-corrected chi connectivity index (χ4v) is 8.62. The van der Waals surface area contributed by atoms with Gasteiger partial charge in [-0.3, -0.25) is 28.9 Å². The molecule has 0 radical (unpaired) electrons. The first-order valence-electron chi connectivity index (χ1n) is 15.8. The highest BCUT2D eigenvalue weighted by Crippen LogP contribution is 2.64. The number of hydrogen-bond acceptors (Lipinski definition) is 8. The number of fused-ring (bicyclic) bond motifs is 4. The molecule has 3 aromatic rings. The molecule has 4 amide bonds. The smallest absolute Gasteiger partial charge is 0.241 e. The Labute approximate surface area is 286 Å². The molecule has 4 aliphatic rings. The summed E-state index contributed by atoms with van der Waals surface area (Å²) in [6, 6.07) is 13.1. The van der Waals surface area contributed by atoms with Gasteiger partial charge in [-0.25, -0.2) is 9.29 Å². The van der Waals surface area contributed by atoms with Crippen LogP contribution in [0.5, 0.6) is 17.2 Å². The summed E-state index contributed by atoms with van der Waals surface area (Å²) in [6.45, 7) is 3.13. The third-order valence-corrected chi connectivity index (χ3v) is 11.1. The molecule has 10 nitrogen and oxygen atoms in total. The molecule has 49 heavy (non-hydrogen) atoms. The summed E-state index contributed by atoms with van der Waals surface area (Å²) in [5, 5.41) is 10.5. The predicted octanol–water partition coefficient (Wildman–Crippen LogP) is 5.84. The summed E-state index contributed by atoms with van der Waals surface area (Å²) in [7, 11) is 2.75. The van der Waals surface area contributed by atoms with E-state index in [1.807, 2.05) is 6.08 Å². The predicted molar refractivity (Wildman–Crippen MR) is 176 cm³/mol. The molecule has 0 spiro atoms. The van der Waals surface area contributed by atoms with E-state index in [4.69, 9.17) is 21.1 Å². The number of Topliss-reactive ketones (excluding diaryl/α,β-unsaturated/α-hetero) is 1. The molecule has 6 atom stereocenters. The van der Waals surface area contributed by atoms with Gasteiger partial charge in [0.05, 0.1) is 53.8 Å². The third kappa shape index (κ3) is 4.62. The second kappa shape index (κ2) is 11.5. The van der Waals surface area contributed by atoms with Crippen LogP contribution in [0.2, 0.25) is 5.02 Å². The summed E-state index contributed by atoms with van der Waals surface area (Å²) in [6.07, 6.45) is 2.21. The van der Waals surface area contributed by atoms with Crippen LogP contribution < -0.4 is 19.3 Å². The Bertz CT molecular complexity index is 1990. The van der Waals surface area contributed by atoms with Gasteiger partial charge in [0, 0.05) is 11.5 Å². The highest BCUT2D eigenvalue weighted by Gasteiger charge is 2.67. The molecule has 7 rings (SSSR count). The normalized spacial score (nSPS) is 27.5. The number of phenols is 1. The number of carbonyl (C=O) groups excluding carboxylic acids is 5. The number of nitrogens with zero attached hydrogens (tertiary/aromatic N) is 2. The summed E-state index contributed by atoms with van der Waals surface area (Å²) in [5.41, 5.74) is 0.696. The van der Waals surface area contributed by atoms with Crippen LogP contribution in [0.1, 0.15) is 48.5 Å². The fraction of sp³-hybridized carbons (Fsp3) is 0.324. The number of halogens is 2. The number of ether oxygens (including phenoxy) is 2. The van der Waals surface area contributed by atoms with Crippen molar-refractivity contribution >= 4 is 52.4 Å². The van der Waals surface area contributed by atoms with Gasteiger partial charge in [0.1, 0.15) is 5.82 Å². The van der Waals surface area contributed by atoms with E-state index in [1.54, 1.807) is 43.3 Å². The summed E-state index contributed by atoms with van der Waals surface area (Å²) < 4.78 is 25.1. The van der Waals surface area contributed by atoms with Gasteiger partial charge in [0.2, 0.25) is 29.4 Å². The lowest BCUT2D eigenvalue weighted by Crippen LogP contribution is -2.48. The van der Waals surface area contributed by atoms with Gasteiger partial charge >= 0.3 is 0 Å². The Kier molecular flexibility index (Phi) is 7.66. The van der Waals surface area contributed by atoms with Gasteiger partial charge in [0.15, 0.2) is 17.3 Å². The van der Waals surface area contributed by atoms with E-state index in [2.05, 4.69) is 0 Å². The van der Waals surface area contributed by atoms with Crippen molar-refractivity contribution in [2.45, 2.75) is 32.6 Å². The Morgan fingerprint density at radius 3 is 2.12 bits per heavy atom. The highest BCUT2D eigenvalue weighted by atomic mass is 35.5. The third-order valence-electron chi connectivity index (χ3n) is 10.8. The van der Waals surface area contributed by atoms with Crippen molar-refractivity contribution in [1.82, 2.24) is 0 Å². The van der Waals surface area contributed by atoms with Crippen LogP contribution in [0, 0.1) is 34.9 Å². The summed E-state index contributed by atoms with van der Waals surface area (Å²) in [4.78, 5) is 71.3. The molecule has 2 aliphatic heterocycles. The molecule has 3 aromatic carbocycles. The lowest BCUT2D eigenvalue weighted by Gasteiger charge is -2.49. The lowest BCUT2D eigenvalue weighted by atomic mass is 9.51. The zero-order chi connectivity index (χ0) is 35.1. The number of imide groups is 2. The van der Waals surface area contributed by atoms with Crippen LogP contribution in [-0.2, 0) is 19.2 Å². The molecule has 2 heterocycles. The van der Waals surface area contributed by atoms with Crippen molar-refractivity contribution in [3.05, 3.63) is 88.2 Å². The summed E-state index contributed by atoms with van der Waals surface area (Å²) in [5.74, 6) is -6.74. The van der Waals surface area contributed by atoms with E-state index in [0.29, 0.717) is 22.4 Å². The minimum absolute atomic E-state index is 0.0807. The molecule has 2 aliphatic carbocycles. The lowest BCUT2D eigenvalue weighted by molar-refractivity contribution is -0.131. The highest BCUT2D eigenvalue weighted by molar-refractivity contribution is 6.32. The average Bonchev–Trinajstić information content (AvgIpc) is 3.45. The number of ketones is 1. The first-order valence-corrected chi connectivity index (χ1v) is 16.2. The zero-order valence-corrected chi connectivity index (χ0v) is 27.8. The molecule has 1 N–H and O–H groups in total. The van der Waals surface area contributed by atoms with Gasteiger partial charge in [-0.05, 0) is 92.8 Å². The number of allylic oxidation sites excluding steroid dienone is 2. The SMILES string of the molecule is COc1cc([C@H]2C3=CC[C@@H]4C(=O)N(c5ccc(C(C)=O)cc5)C(=O)[C@@H]4[C@@H]3C[C@H]3C(=O)N(c4ccc(F)c(Cl)c4)C(=O)[C@@]23C)cc(OC)c1O. The number of anilines is 2. The number of amides is 4. The average molecular weight is 687 g/mol. The van der Waals surface area contributed by atoms with Gasteiger partial charge in [-0.1, -0.05) is 23.3 Å². The van der Waals surface area contributed by atoms with E-state index in [-0.39, 0.29) is 52.5 Å². The maximum absolute atomic E-state index is 14.6. The molecule has 3 fully saturated rings. The topological polar surface area (TPSA) is 131 Å². The Balaban J connectivity index is 1.38. The monoisotopic (exact) mass is 686 g/mol. The first kappa shape index (κ1) is 32.5. The number of aromatic hydroxyl groups is 1. The van der Waals surface area contributed by atoms with Crippen LogP contribution in [0.25, 0.3) is 0 Å².